The fourth-order valence-electron chi connectivity index (χ4n) is 4.64. The first-order valence-corrected chi connectivity index (χ1v) is 11.0. The maximum atomic E-state index is 15.0. The van der Waals surface area contributed by atoms with E-state index < -0.39 is 23.6 Å². The van der Waals surface area contributed by atoms with E-state index in [2.05, 4.69) is 26.1 Å². The number of alkyl halides is 1. The summed E-state index contributed by atoms with van der Waals surface area (Å²) in [6.45, 7) is -0.0453. The SMILES string of the molecule is N#Cc1c[nH]c2ncnc(N3CC(F)CC3c3nn4ccc(Cl)c4c(=O)n3-c3cccc(F)c3)c12. The Morgan fingerprint density at radius 1 is 1.26 bits per heavy atom. The van der Waals surface area contributed by atoms with Crippen LogP contribution in [0.5, 0.6) is 0 Å². The smallest absolute Gasteiger partial charge is 0.284 e. The molecule has 1 fully saturated rings. The van der Waals surface area contributed by atoms with Crippen LogP contribution in [0, 0.1) is 17.1 Å². The van der Waals surface area contributed by atoms with Crippen molar-refractivity contribution < 1.29 is 8.78 Å². The number of hydrogen-bond donors (Lipinski definition) is 1. The van der Waals surface area contributed by atoms with Crippen LogP contribution in [0.4, 0.5) is 14.6 Å². The molecule has 0 bridgehead atoms. The quantitative estimate of drug-likeness (QED) is 0.411. The van der Waals surface area contributed by atoms with Crippen LogP contribution in [0.25, 0.3) is 22.2 Å². The molecule has 5 heterocycles. The van der Waals surface area contributed by atoms with Gasteiger partial charge in [-0.15, -0.1) is 0 Å². The van der Waals surface area contributed by atoms with Crippen LogP contribution < -0.4 is 10.5 Å². The molecule has 2 unspecified atom stereocenters. The molecular formula is C23H15ClF2N8O. The lowest BCUT2D eigenvalue weighted by molar-refractivity contribution is 0.354. The van der Waals surface area contributed by atoms with E-state index in [1.54, 1.807) is 11.0 Å². The van der Waals surface area contributed by atoms with E-state index in [4.69, 9.17) is 11.6 Å². The Kier molecular flexibility index (Phi) is 4.79. The second kappa shape index (κ2) is 7.89. The highest BCUT2D eigenvalue weighted by atomic mass is 35.5. The number of aromatic amines is 1. The number of anilines is 1. The summed E-state index contributed by atoms with van der Waals surface area (Å²) in [7, 11) is 0. The van der Waals surface area contributed by atoms with Gasteiger partial charge in [0.2, 0.25) is 0 Å². The van der Waals surface area contributed by atoms with E-state index in [0.717, 1.165) is 0 Å². The van der Waals surface area contributed by atoms with Crippen LogP contribution in [0.1, 0.15) is 23.9 Å². The molecular weight excluding hydrogens is 478 g/mol. The number of nitriles is 1. The third-order valence-corrected chi connectivity index (χ3v) is 6.42. The molecule has 6 rings (SSSR count). The molecule has 5 aromatic rings. The number of aromatic nitrogens is 6. The Morgan fingerprint density at radius 2 is 2.11 bits per heavy atom. The molecule has 1 N–H and O–H groups in total. The summed E-state index contributed by atoms with van der Waals surface area (Å²) in [5.74, 6) is -0.0261. The monoisotopic (exact) mass is 492 g/mol. The summed E-state index contributed by atoms with van der Waals surface area (Å²) < 4.78 is 31.7. The van der Waals surface area contributed by atoms with E-state index in [9.17, 15) is 18.8 Å². The van der Waals surface area contributed by atoms with Gasteiger partial charge in [-0.05, 0) is 24.3 Å². The zero-order valence-corrected chi connectivity index (χ0v) is 18.6. The molecule has 35 heavy (non-hydrogen) atoms. The molecule has 9 nitrogen and oxygen atoms in total. The lowest BCUT2D eigenvalue weighted by Crippen LogP contribution is -2.33. The lowest BCUT2D eigenvalue weighted by Gasteiger charge is -2.27. The van der Waals surface area contributed by atoms with Gasteiger partial charge in [0, 0.05) is 18.8 Å². The van der Waals surface area contributed by atoms with Crippen LogP contribution in [-0.2, 0) is 0 Å². The van der Waals surface area contributed by atoms with Gasteiger partial charge in [0.05, 0.1) is 34.2 Å². The van der Waals surface area contributed by atoms with Crippen molar-refractivity contribution in [2.75, 3.05) is 11.4 Å². The Labute approximate surface area is 200 Å². The van der Waals surface area contributed by atoms with Crippen molar-refractivity contribution in [2.45, 2.75) is 18.6 Å². The Bertz CT molecular complexity index is 1720. The van der Waals surface area contributed by atoms with Gasteiger partial charge in [-0.25, -0.2) is 23.3 Å². The van der Waals surface area contributed by atoms with Crippen molar-refractivity contribution in [1.29, 1.82) is 5.26 Å². The summed E-state index contributed by atoms with van der Waals surface area (Å²) >= 11 is 6.24. The van der Waals surface area contributed by atoms with Gasteiger partial charge in [-0.3, -0.25) is 9.36 Å². The van der Waals surface area contributed by atoms with Gasteiger partial charge >= 0.3 is 0 Å². The summed E-state index contributed by atoms with van der Waals surface area (Å²) in [6.07, 6.45) is 3.10. The van der Waals surface area contributed by atoms with Crippen molar-refractivity contribution in [3.8, 4) is 11.8 Å². The predicted molar refractivity (Wildman–Crippen MR) is 124 cm³/mol. The summed E-state index contributed by atoms with van der Waals surface area (Å²) in [4.78, 5) is 26.7. The zero-order chi connectivity index (χ0) is 24.3. The standard InChI is InChI=1S/C23H15ClF2N8O/c24-16-4-5-33-19(16)23(35)34(15-3-1-2-13(25)6-15)21(31-33)17-7-14(26)10-32(17)22-18-12(8-27)9-28-20(18)29-11-30-22/h1-6,9,11,14,17H,7,10H2,(H,28,29,30). The van der Waals surface area contributed by atoms with Crippen LogP contribution in [0.15, 0.2) is 53.8 Å². The first-order valence-electron chi connectivity index (χ1n) is 10.6. The van der Waals surface area contributed by atoms with Crippen LogP contribution >= 0.6 is 11.6 Å². The fourth-order valence-corrected chi connectivity index (χ4v) is 4.87. The van der Waals surface area contributed by atoms with E-state index in [-0.39, 0.29) is 35.0 Å². The van der Waals surface area contributed by atoms with E-state index >= 15 is 0 Å². The second-order valence-electron chi connectivity index (χ2n) is 8.17. The predicted octanol–water partition coefficient (Wildman–Crippen LogP) is 3.71. The molecule has 0 saturated carbocycles. The summed E-state index contributed by atoms with van der Waals surface area (Å²) in [5, 5.41) is 14.8. The van der Waals surface area contributed by atoms with Crippen molar-refractivity contribution in [1.82, 2.24) is 29.1 Å². The topological polar surface area (TPSA) is 108 Å². The third kappa shape index (κ3) is 3.25. The van der Waals surface area contributed by atoms with E-state index in [0.29, 0.717) is 22.4 Å². The van der Waals surface area contributed by atoms with E-state index in [1.165, 1.54) is 52.1 Å². The molecule has 12 heteroatoms. The highest BCUT2D eigenvalue weighted by Gasteiger charge is 2.39. The minimum atomic E-state index is -1.27. The highest BCUT2D eigenvalue weighted by Crippen LogP contribution is 2.39. The number of nitrogens with zero attached hydrogens (tertiary/aromatic N) is 7. The molecule has 1 aromatic carbocycles. The largest absolute Gasteiger partial charge is 0.345 e. The average molecular weight is 493 g/mol. The number of hydrogen-bond acceptors (Lipinski definition) is 6. The molecule has 2 atom stereocenters. The van der Waals surface area contributed by atoms with Crippen LogP contribution in [-0.4, -0.2) is 41.8 Å². The fraction of sp³-hybridized carbons (Fsp3) is 0.174. The van der Waals surface area contributed by atoms with Crippen LogP contribution in [0.2, 0.25) is 5.02 Å². The average Bonchev–Trinajstić information content (AvgIpc) is 3.55. The normalized spacial score (nSPS) is 17.9. The number of rotatable bonds is 3. The molecule has 1 saturated heterocycles. The van der Waals surface area contributed by atoms with Gasteiger partial charge in [0.15, 0.2) is 5.82 Å². The first kappa shape index (κ1) is 21.2. The number of fused-ring (bicyclic) bond motifs is 2. The number of benzene rings is 1. The molecule has 174 valence electrons. The maximum absolute atomic E-state index is 15.0. The molecule has 1 aliphatic heterocycles. The van der Waals surface area contributed by atoms with Crippen molar-refractivity contribution in [2.24, 2.45) is 0 Å². The van der Waals surface area contributed by atoms with Gasteiger partial charge in [0.25, 0.3) is 5.56 Å². The highest BCUT2D eigenvalue weighted by molar-refractivity contribution is 6.33. The molecule has 0 amide bonds. The van der Waals surface area contributed by atoms with Crippen molar-refractivity contribution in [3.05, 3.63) is 81.6 Å². The molecule has 4 aromatic heterocycles. The van der Waals surface area contributed by atoms with Crippen LogP contribution in [0.3, 0.4) is 0 Å². The number of halogens is 3. The molecule has 0 aliphatic carbocycles. The molecule has 1 aliphatic rings. The second-order valence-corrected chi connectivity index (χ2v) is 8.58. The van der Waals surface area contributed by atoms with Crippen molar-refractivity contribution >= 4 is 34.0 Å². The minimum Gasteiger partial charge on any atom is -0.345 e. The minimum absolute atomic E-state index is 0.0000685. The Morgan fingerprint density at radius 3 is 2.91 bits per heavy atom. The van der Waals surface area contributed by atoms with E-state index in [1.807, 2.05) is 0 Å². The Hall–Kier alpha value is -4.30. The number of H-pyrrole nitrogens is 1. The number of nitrogens with one attached hydrogen (secondary N) is 1. The Balaban J connectivity index is 1.63. The van der Waals surface area contributed by atoms with Gasteiger partial charge in [0.1, 0.15) is 41.4 Å². The lowest BCUT2D eigenvalue weighted by atomic mass is 10.1. The maximum Gasteiger partial charge on any atom is 0.284 e. The zero-order valence-electron chi connectivity index (χ0n) is 17.9. The van der Waals surface area contributed by atoms with Gasteiger partial charge in [-0.2, -0.15) is 10.4 Å². The summed E-state index contributed by atoms with van der Waals surface area (Å²) in [6, 6.07) is 8.37. The first-order chi connectivity index (χ1) is 17.0. The molecule has 0 spiro atoms. The van der Waals surface area contributed by atoms with Gasteiger partial charge in [-0.1, -0.05) is 17.7 Å². The molecule has 0 radical (unpaired) electrons. The van der Waals surface area contributed by atoms with Crippen molar-refractivity contribution in [3.63, 3.8) is 0 Å². The third-order valence-electron chi connectivity index (χ3n) is 6.12. The summed E-state index contributed by atoms with van der Waals surface area (Å²) in [5.41, 5.74) is 0.551. The van der Waals surface area contributed by atoms with Gasteiger partial charge < -0.3 is 9.88 Å².